The van der Waals surface area contributed by atoms with Crippen LogP contribution in [0.25, 0.3) is 10.9 Å². The van der Waals surface area contributed by atoms with Crippen LogP contribution in [0.5, 0.6) is 0 Å². The molecule has 0 aliphatic carbocycles. The fourth-order valence-corrected chi connectivity index (χ4v) is 3.93. The number of rotatable bonds is 4. The summed E-state index contributed by atoms with van der Waals surface area (Å²) in [5, 5.41) is 11.7. The van der Waals surface area contributed by atoms with Crippen LogP contribution in [-0.2, 0) is 0 Å². The molecule has 4 rings (SSSR count). The third kappa shape index (κ3) is 3.46. The van der Waals surface area contributed by atoms with E-state index in [1.54, 1.807) is 12.1 Å². The Morgan fingerprint density at radius 1 is 1.08 bits per heavy atom. The van der Waals surface area contributed by atoms with Gasteiger partial charge in [0.15, 0.2) is 0 Å². The average molecular weight is 338 g/mol. The van der Waals surface area contributed by atoms with Crippen LogP contribution in [0, 0.1) is 5.82 Å². The van der Waals surface area contributed by atoms with E-state index in [4.69, 9.17) is 0 Å². The standard InChI is InChI=1S/C21H23FN2O/c22-17-6-4-16(5-7-17)21(25)14-24-12-9-15(10-13-24)18-2-1-3-20-19(18)8-11-23-20/h1-8,11,15,21,23,25H,9-10,12-14H2. The SMILES string of the molecule is OC(CN1CCC(c2cccc3[nH]ccc23)CC1)c1ccc(F)cc1. The predicted octanol–water partition coefficient (Wildman–Crippen LogP) is 4.22. The molecule has 1 aromatic heterocycles. The Balaban J connectivity index is 1.38. The molecule has 0 amide bonds. The molecule has 2 heterocycles. The molecule has 1 unspecified atom stereocenters. The van der Waals surface area contributed by atoms with Crippen LogP contribution in [0.1, 0.15) is 36.0 Å². The fourth-order valence-electron chi connectivity index (χ4n) is 3.93. The van der Waals surface area contributed by atoms with Gasteiger partial charge in [-0.25, -0.2) is 4.39 Å². The number of aliphatic hydroxyl groups excluding tert-OH is 1. The van der Waals surface area contributed by atoms with Gasteiger partial charge in [0.25, 0.3) is 0 Å². The quantitative estimate of drug-likeness (QED) is 0.748. The Hall–Kier alpha value is -2.17. The molecular formula is C21H23FN2O. The van der Waals surface area contributed by atoms with Gasteiger partial charge in [0.2, 0.25) is 0 Å². The van der Waals surface area contributed by atoms with Crippen molar-refractivity contribution >= 4 is 10.9 Å². The number of H-pyrrole nitrogens is 1. The first-order valence-electron chi connectivity index (χ1n) is 8.92. The van der Waals surface area contributed by atoms with Gasteiger partial charge in [-0.3, -0.25) is 0 Å². The first kappa shape index (κ1) is 16.3. The molecule has 1 aliphatic rings. The molecule has 130 valence electrons. The lowest BCUT2D eigenvalue weighted by atomic mass is 9.87. The van der Waals surface area contributed by atoms with Gasteiger partial charge in [0.1, 0.15) is 5.82 Å². The van der Waals surface area contributed by atoms with Gasteiger partial charge < -0.3 is 15.0 Å². The smallest absolute Gasteiger partial charge is 0.123 e. The highest BCUT2D eigenvalue weighted by molar-refractivity contribution is 5.83. The second-order valence-corrected chi connectivity index (χ2v) is 6.93. The summed E-state index contributed by atoms with van der Waals surface area (Å²) < 4.78 is 13.0. The van der Waals surface area contributed by atoms with Crippen molar-refractivity contribution < 1.29 is 9.50 Å². The van der Waals surface area contributed by atoms with Gasteiger partial charge in [-0.2, -0.15) is 0 Å². The third-order valence-electron chi connectivity index (χ3n) is 5.34. The van der Waals surface area contributed by atoms with Crippen LogP contribution >= 0.6 is 0 Å². The van der Waals surface area contributed by atoms with Crippen LogP contribution in [-0.4, -0.2) is 34.6 Å². The Kier molecular flexibility index (Phi) is 4.55. The van der Waals surface area contributed by atoms with Crippen LogP contribution in [0.15, 0.2) is 54.7 Å². The molecule has 1 fully saturated rings. The molecule has 3 nitrogen and oxygen atoms in total. The van der Waals surface area contributed by atoms with E-state index in [2.05, 4.69) is 34.1 Å². The largest absolute Gasteiger partial charge is 0.387 e. The number of β-amino-alcohol motifs (C(OH)–C–C–N with tert-alkyl or cyclic N) is 1. The number of likely N-dealkylation sites (tertiary alicyclic amines) is 1. The Morgan fingerprint density at radius 2 is 1.84 bits per heavy atom. The van der Waals surface area contributed by atoms with Crippen LogP contribution < -0.4 is 0 Å². The molecule has 0 bridgehead atoms. The maximum atomic E-state index is 13.0. The number of nitrogens with zero attached hydrogens (tertiary/aromatic N) is 1. The van der Waals surface area contributed by atoms with Gasteiger partial charge in [-0.1, -0.05) is 24.3 Å². The molecule has 1 aliphatic heterocycles. The zero-order chi connectivity index (χ0) is 17.2. The van der Waals surface area contributed by atoms with Gasteiger partial charge in [0.05, 0.1) is 6.10 Å². The number of aliphatic hydroxyl groups is 1. The van der Waals surface area contributed by atoms with E-state index in [0.29, 0.717) is 12.5 Å². The van der Waals surface area contributed by atoms with Crippen LogP contribution in [0.3, 0.4) is 0 Å². The number of hydrogen-bond donors (Lipinski definition) is 2. The van der Waals surface area contributed by atoms with Crippen LogP contribution in [0.4, 0.5) is 4.39 Å². The topological polar surface area (TPSA) is 39.3 Å². The number of piperidine rings is 1. The molecular weight excluding hydrogens is 315 g/mol. The summed E-state index contributed by atoms with van der Waals surface area (Å²) >= 11 is 0. The van der Waals surface area contributed by atoms with Crippen molar-refractivity contribution in [2.24, 2.45) is 0 Å². The minimum absolute atomic E-state index is 0.268. The number of aromatic amines is 1. The summed E-state index contributed by atoms with van der Waals surface area (Å²) in [6, 6.07) is 14.8. The number of aromatic nitrogens is 1. The number of benzene rings is 2. The lowest BCUT2D eigenvalue weighted by Crippen LogP contribution is -2.36. The number of halogens is 1. The number of fused-ring (bicyclic) bond motifs is 1. The fraction of sp³-hybridized carbons (Fsp3) is 0.333. The first-order valence-corrected chi connectivity index (χ1v) is 8.92. The van der Waals surface area contributed by atoms with Gasteiger partial charge >= 0.3 is 0 Å². The summed E-state index contributed by atoms with van der Waals surface area (Å²) in [5.41, 5.74) is 3.41. The first-order chi connectivity index (χ1) is 12.2. The molecule has 2 aromatic carbocycles. The van der Waals surface area contributed by atoms with E-state index in [9.17, 15) is 9.50 Å². The van der Waals surface area contributed by atoms with E-state index in [1.165, 1.54) is 28.6 Å². The van der Waals surface area contributed by atoms with E-state index in [-0.39, 0.29) is 5.82 Å². The van der Waals surface area contributed by atoms with Crippen molar-refractivity contribution in [3.8, 4) is 0 Å². The predicted molar refractivity (Wildman–Crippen MR) is 98.1 cm³/mol. The van der Waals surface area contributed by atoms with Gasteiger partial charge in [-0.15, -0.1) is 0 Å². The van der Waals surface area contributed by atoms with Crippen molar-refractivity contribution in [2.75, 3.05) is 19.6 Å². The summed E-state index contributed by atoms with van der Waals surface area (Å²) in [6.45, 7) is 2.56. The van der Waals surface area contributed by atoms with Gasteiger partial charge in [-0.05, 0) is 67.2 Å². The van der Waals surface area contributed by atoms with Crippen molar-refractivity contribution in [1.82, 2.24) is 9.88 Å². The molecule has 0 radical (unpaired) electrons. The van der Waals surface area contributed by atoms with Crippen molar-refractivity contribution in [3.05, 3.63) is 71.7 Å². The number of nitrogens with one attached hydrogen (secondary N) is 1. The summed E-state index contributed by atoms with van der Waals surface area (Å²) in [4.78, 5) is 5.59. The Labute approximate surface area is 147 Å². The highest BCUT2D eigenvalue weighted by Gasteiger charge is 2.23. The van der Waals surface area contributed by atoms with Crippen molar-refractivity contribution in [1.29, 1.82) is 0 Å². The van der Waals surface area contributed by atoms with E-state index >= 15 is 0 Å². The lowest BCUT2D eigenvalue weighted by molar-refractivity contribution is 0.0973. The molecule has 1 saturated heterocycles. The van der Waals surface area contributed by atoms with E-state index in [0.717, 1.165) is 31.5 Å². The summed E-state index contributed by atoms with van der Waals surface area (Å²) in [6.07, 6.45) is 3.63. The van der Waals surface area contributed by atoms with Crippen molar-refractivity contribution in [2.45, 2.75) is 24.9 Å². The molecule has 1 atom stereocenters. The summed E-state index contributed by atoms with van der Waals surface area (Å²) in [7, 11) is 0. The summed E-state index contributed by atoms with van der Waals surface area (Å²) in [5.74, 6) is 0.300. The number of hydrogen-bond acceptors (Lipinski definition) is 2. The zero-order valence-corrected chi connectivity index (χ0v) is 14.2. The molecule has 0 spiro atoms. The lowest BCUT2D eigenvalue weighted by Gasteiger charge is -2.33. The second kappa shape index (κ2) is 6.98. The highest BCUT2D eigenvalue weighted by Crippen LogP contribution is 2.33. The molecule has 4 heteroatoms. The maximum absolute atomic E-state index is 13.0. The normalized spacial score (nSPS) is 17.8. The molecule has 0 saturated carbocycles. The Bertz CT molecular complexity index is 834. The van der Waals surface area contributed by atoms with Gasteiger partial charge in [0, 0.05) is 23.6 Å². The molecule has 25 heavy (non-hydrogen) atoms. The Morgan fingerprint density at radius 3 is 2.60 bits per heavy atom. The maximum Gasteiger partial charge on any atom is 0.123 e. The second-order valence-electron chi connectivity index (χ2n) is 6.93. The third-order valence-corrected chi connectivity index (χ3v) is 5.34. The minimum Gasteiger partial charge on any atom is -0.387 e. The average Bonchev–Trinajstić information content (AvgIpc) is 3.12. The van der Waals surface area contributed by atoms with Crippen LogP contribution in [0.2, 0.25) is 0 Å². The monoisotopic (exact) mass is 338 g/mol. The molecule has 2 N–H and O–H groups in total. The van der Waals surface area contributed by atoms with E-state index in [1.807, 2.05) is 6.20 Å². The highest BCUT2D eigenvalue weighted by atomic mass is 19.1. The van der Waals surface area contributed by atoms with E-state index < -0.39 is 6.10 Å². The minimum atomic E-state index is -0.565. The molecule has 3 aromatic rings. The zero-order valence-electron chi connectivity index (χ0n) is 14.2. The van der Waals surface area contributed by atoms with Crippen molar-refractivity contribution in [3.63, 3.8) is 0 Å².